The third kappa shape index (κ3) is 7.03. The first-order valence-electron chi connectivity index (χ1n) is 24.8. The zero-order chi connectivity index (χ0) is 47.5. The second-order valence-corrected chi connectivity index (χ2v) is 18.9. The summed E-state index contributed by atoms with van der Waals surface area (Å²) in [6.45, 7) is 0. The Kier molecular flexibility index (Phi) is 9.89. The highest BCUT2D eigenvalue weighted by Crippen LogP contribution is 2.45. The monoisotopic (exact) mass is 914 g/mol. The number of hydrogen-bond acceptors (Lipinski definition) is 1. The van der Waals surface area contributed by atoms with Crippen molar-refractivity contribution < 1.29 is 0 Å². The highest BCUT2D eigenvalue weighted by molar-refractivity contribution is 6.21. The number of fused-ring (bicyclic) bond motifs is 9. The Morgan fingerprint density at radius 1 is 0.236 bits per heavy atom. The summed E-state index contributed by atoms with van der Waals surface area (Å²) in [5, 5.41) is 12.6. The average Bonchev–Trinajstić information content (AvgIpc) is 3.81. The average molecular weight is 915 g/mol. The number of rotatable bonds is 8. The van der Waals surface area contributed by atoms with Gasteiger partial charge in [0.1, 0.15) is 0 Å². The van der Waals surface area contributed by atoms with Crippen LogP contribution in [0.3, 0.4) is 0 Å². The molecule has 0 aliphatic heterocycles. The smallest absolute Gasteiger partial charge is 0.0547 e. The van der Waals surface area contributed by atoms with Crippen LogP contribution in [0.5, 0.6) is 0 Å². The predicted octanol–water partition coefficient (Wildman–Crippen LogP) is 19.5. The normalized spacial score (nSPS) is 11.6. The molecular weight excluding hydrogens is 869 g/mol. The maximum absolute atomic E-state index is 2.43. The lowest BCUT2D eigenvalue weighted by atomic mass is 9.94. The quantitative estimate of drug-likeness (QED) is 0.138. The molecule has 0 radical (unpaired) electrons. The summed E-state index contributed by atoms with van der Waals surface area (Å²) in [5.74, 6) is 0. The van der Waals surface area contributed by atoms with Gasteiger partial charge in [0.05, 0.1) is 11.0 Å². The van der Waals surface area contributed by atoms with Crippen molar-refractivity contribution in [1.29, 1.82) is 0 Å². The molecule has 14 rings (SSSR count). The minimum absolute atomic E-state index is 1.08. The van der Waals surface area contributed by atoms with Gasteiger partial charge in [-0.05, 0) is 160 Å². The molecule has 336 valence electrons. The van der Waals surface area contributed by atoms with Crippen molar-refractivity contribution >= 4 is 82.0 Å². The van der Waals surface area contributed by atoms with Crippen molar-refractivity contribution in [3.63, 3.8) is 0 Å². The fourth-order valence-electron chi connectivity index (χ4n) is 11.3. The van der Waals surface area contributed by atoms with Gasteiger partial charge >= 0.3 is 0 Å². The topological polar surface area (TPSA) is 8.17 Å². The van der Waals surface area contributed by atoms with E-state index in [-0.39, 0.29) is 0 Å². The van der Waals surface area contributed by atoms with E-state index >= 15 is 0 Å². The molecule has 0 fully saturated rings. The largest absolute Gasteiger partial charge is 0.310 e. The summed E-state index contributed by atoms with van der Waals surface area (Å²) in [4.78, 5) is 2.40. The fraction of sp³-hybridized carbons (Fsp3) is 0. The highest BCUT2D eigenvalue weighted by atomic mass is 15.1. The van der Waals surface area contributed by atoms with Crippen molar-refractivity contribution in [2.24, 2.45) is 0 Å². The van der Waals surface area contributed by atoms with Crippen molar-refractivity contribution in [1.82, 2.24) is 4.57 Å². The molecule has 0 spiro atoms. The molecule has 0 aliphatic carbocycles. The molecule has 0 saturated carbocycles. The first kappa shape index (κ1) is 41.5. The van der Waals surface area contributed by atoms with Gasteiger partial charge in [-0.1, -0.05) is 206 Å². The molecular formula is C70H46N2. The van der Waals surface area contributed by atoms with Crippen LogP contribution in [0.4, 0.5) is 17.1 Å². The van der Waals surface area contributed by atoms with E-state index in [4.69, 9.17) is 0 Å². The third-order valence-electron chi connectivity index (χ3n) is 14.7. The van der Waals surface area contributed by atoms with Crippen LogP contribution < -0.4 is 4.90 Å². The molecule has 0 unspecified atom stereocenters. The summed E-state index contributed by atoms with van der Waals surface area (Å²) < 4.78 is 2.43. The summed E-state index contributed by atoms with van der Waals surface area (Å²) >= 11 is 0. The van der Waals surface area contributed by atoms with Gasteiger partial charge in [0, 0.05) is 33.5 Å². The second kappa shape index (κ2) is 17.2. The second-order valence-electron chi connectivity index (χ2n) is 18.9. The molecule has 0 amide bonds. The van der Waals surface area contributed by atoms with Gasteiger partial charge < -0.3 is 9.47 Å². The van der Waals surface area contributed by atoms with Crippen LogP contribution >= 0.6 is 0 Å². The van der Waals surface area contributed by atoms with E-state index in [0.29, 0.717) is 0 Å². The Morgan fingerprint density at radius 2 is 0.667 bits per heavy atom. The van der Waals surface area contributed by atoms with Crippen LogP contribution in [-0.4, -0.2) is 4.57 Å². The Labute approximate surface area is 418 Å². The van der Waals surface area contributed by atoms with Crippen molar-refractivity contribution in [2.75, 3.05) is 4.90 Å². The summed E-state index contributed by atoms with van der Waals surface area (Å²) in [5.41, 5.74) is 16.3. The van der Waals surface area contributed by atoms with E-state index < -0.39 is 0 Å². The van der Waals surface area contributed by atoms with E-state index in [9.17, 15) is 0 Å². The van der Waals surface area contributed by atoms with E-state index in [1.165, 1.54) is 104 Å². The highest BCUT2D eigenvalue weighted by Gasteiger charge is 2.21. The molecule has 0 saturated heterocycles. The number of benzene rings is 13. The van der Waals surface area contributed by atoms with E-state index in [2.05, 4.69) is 289 Å². The third-order valence-corrected chi connectivity index (χ3v) is 14.7. The van der Waals surface area contributed by atoms with Gasteiger partial charge in [0.25, 0.3) is 0 Å². The Bertz CT molecular complexity index is 4200. The number of para-hydroxylation sites is 1. The van der Waals surface area contributed by atoms with Gasteiger partial charge in [-0.15, -0.1) is 0 Å². The lowest BCUT2D eigenvalue weighted by Gasteiger charge is -2.26. The summed E-state index contributed by atoms with van der Waals surface area (Å²) in [6, 6.07) is 102. The molecule has 2 nitrogen and oxygen atoms in total. The molecule has 1 heterocycles. The fourth-order valence-corrected chi connectivity index (χ4v) is 11.3. The summed E-state index contributed by atoms with van der Waals surface area (Å²) in [7, 11) is 0. The van der Waals surface area contributed by atoms with E-state index in [1.54, 1.807) is 0 Å². The SMILES string of the molecule is c1ccc(-c2cccc3c2c2c(-c4cccc(N(c5ccc(-c6ccc7c(ccc8ccccc87)c6)cc5)c5ccc(-c6ccc7c(ccc8ccccc87)c6)cc5)c4)cccc2n3-c2ccccc2)cc1. The Morgan fingerprint density at radius 3 is 1.22 bits per heavy atom. The van der Waals surface area contributed by atoms with Crippen LogP contribution in [0, 0.1) is 0 Å². The predicted molar refractivity (Wildman–Crippen MR) is 307 cm³/mol. The van der Waals surface area contributed by atoms with Crippen LogP contribution in [-0.2, 0) is 0 Å². The van der Waals surface area contributed by atoms with Gasteiger partial charge in [0.15, 0.2) is 0 Å². The molecule has 0 aliphatic rings. The van der Waals surface area contributed by atoms with Crippen LogP contribution in [0.15, 0.2) is 279 Å². The maximum Gasteiger partial charge on any atom is 0.0547 e. The van der Waals surface area contributed by atoms with E-state index in [0.717, 1.165) is 28.3 Å². The van der Waals surface area contributed by atoms with Gasteiger partial charge in [0.2, 0.25) is 0 Å². The molecule has 0 N–H and O–H groups in total. The van der Waals surface area contributed by atoms with Crippen molar-refractivity contribution in [2.45, 2.75) is 0 Å². The van der Waals surface area contributed by atoms with Crippen LogP contribution in [0.1, 0.15) is 0 Å². The first-order valence-corrected chi connectivity index (χ1v) is 24.8. The minimum atomic E-state index is 1.08. The molecule has 1 aromatic heterocycles. The lowest BCUT2D eigenvalue weighted by Crippen LogP contribution is -2.10. The maximum atomic E-state index is 2.43. The van der Waals surface area contributed by atoms with Crippen molar-refractivity contribution in [3.05, 3.63) is 279 Å². The minimum Gasteiger partial charge on any atom is -0.310 e. The van der Waals surface area contributed by atoms with E-state index in [1.807, 2.05) is 0 Å². The van der Waals surface area contributed by atoms with Crippen molar-refractivity contribution in [3.8, 4) is 50.2 Å². The molecule has 0 atom stereocenters. The lowest BCUT2D eigenvalue weighted by molar-refractivity contribution is 1.18. The molecule has 2 heteroatoms. The zero-order valence-electron chi connectivity index (χ0n) is 39.5. The first-order chi connectivity index (χ1) is 35.7. The molecule has 0 bridgehead atoms. The molecule has 13 aromatic carbocycles. The number of hydrogen-bond donors (Lipinski definition) is 0. The van der Waals surface area contributed by atoms with Gasteiger partial charge in [-0.3, -0.25) is 0 Å². The van der Waals surface area contributed by atoms with Gasteiger partial charge in [-0.2, -0.15) is 0 Å². The standard InChI is InChI=1S/C70H46N2/c1-3-14-49(15-4-1)65-24-12-26-67-69(65)70-66(25-13-27-68(70)72(67)57-19-5-2-6-20-57)54-18-11-21-60(46-54)71(58-38-32-47(33-39-58)52-36-42-63-55(44-52)30-28-50-16-7-9-22-61(50)63)59-40-34-48(35-41-59)53-37-43-64-56(45-53)31-29-51-17-8-10-23-62(51)64/h1-46H. The Balaban J connectivity index is 0.910. The van der Waals surface area contributed by atoms with Crippen LogP contribution in [0.25, 0.3) is 115 Å². The van der Waals surface area contributed by atoms with Gasteiger partial charge in [-0.25, -0.2) is 0 Å². The molecule has 72 heavy (non-hydrogen) atoms. The number of anilines is 3. The number of aromatic nitrogens is 1. The zero-order valence-corrected chi connectivity index (χ0v) is 39.5. The number of nitrogens with zero attached hydrogens (tertiary/aromatic N) is 2. The summed E-state index contributed by atoms with van der Waals surface area (Å²) in [6.07, 6.45) is 0. The Hall–Kier alpha value is -9.50. The van der Waals surface area contributed by atoms with Crippen LogP contribution in [0.2, 0.25) is 0 Å². The molecule has 14 aromatic rings.